The third-order valence-corrected chi connectivity index (χ3v) is 4.95. The molecule has 0 saturated carbocycles. The number of nitro benzene ring substituents is 1. The molecule has 1 heterocycles. The van der Waals surface area contributed by atoms with Crippen molar-refractivity contribution in [2.45, 2.75) is 19.4 Å². The van der Waals surface area contributed by atoms with Crippen molar-refractivity contribution in [2.75, 3.05) is 11.9 Å². The van der Waals surface area contributed by atoms with Crippen LogP contribution in [0.2, 0.25) is 5.02 Å². The molecule has 10 heteroatoms. The average Bonchev–Trinajstić information content (AvgIpc) is 2.87. The SMILES string of the molecule is Cc1cc([N+](=O)[O-])ccc1NC(=O)CN1C(=O)N[C@](C)(c2ccc(Cl)cc2)C1=O. The van der Waals surface area contributed by atoms with E-state index in [0.29, 0.717) is 21.8 Å². The van der Waals surface area contributed by atoms with Crippen LogP contribution >= 0.6 is 11.6 Å². The van der Waals surface area contributed by atoms with Crippen LogP contribution in [0.3, 0.4) is 0 Å². The molecule has 0 aliphatic carbocycles. The molecule has 2 aromatic rings. The lowest BCUT2D eigenvalue weighted by Gasteiger charge is -2.22. The van der Waals surface area contributed by atoms with E-state index in [0.717, 1.165) is 4.90 Å². The van der Waals surface area contributed by atoms with E-state index in [1.54, 1.807) is 38.1 Å². The molecule has 2 aromatic carbocycles. The lowest BCUT2D eigenvalue weighted by molar-refractivity contribution is -0.384. The molecule has 1 saturated heterocycles. The Kier molecular flexibility index (Phi) is 5.25. The van der Waals surface area contributed by atoms with Gasteiger partial charge in [0.05, 0.1) is 4.92 Å². The van der Waals surface area contributed by atoms with Gasteiger partial charge in [0, 0.05) is 22.8 Å². The highest BCUT2D eigenvalue weighted by molar-refractivity contribution is 6.30. The summed E-state index contributed by atoms with van der Waals surface area (Å²) in [6, 6.07) is 9.75. The minimum atomic E-state index is -1.31. The van der Waals surface area contributed by atoms with Gasteiger partial charge in [-0.05, 0) is 43.2 Å². The minimum Gasteiger partial charge on any atom is -0.324 e. The summed E-state index contributed by atoms with van der Waals surface area (Å²) in [6.07, 6.45) is 0. The number of nitro groups is 1. The number of halogens is 1. The molecule has 2 N–H and O–H groups in total. The Morgan fingerprint density at radius 1 is 1.24 bits per heavy atom. The van der Waals surface area contributed by atoms with Crippen LogP contribution in [0, 0.1) is 17.0 Å². The Bertz CT molecular complexity index is 1020. The molecule has 0 aromatic heterocycles. The molecule has 1 aliphatic heterocycles. The molecule has 0 bridgehead atoms. The van der Waals surface area contributed by atoms with E-state index in [-0.39, 0.29) is 5.69 Å². The van der Waals surface area contributed by atoms with Gasteiger partial charge in [0.25, 0.3) is 11.6 Å². The van der Waals surface area contributed by atoms with Crippen LogP contribution in [0.5, 0.6) is 0 Å². The van der Waals surface area contributed by atoms with Crippen molar-refractivity contribution < 1.29 is 19.3 Å². The van der Waals surface area contributed by atoms with E-state index in [2.05, 4.69) is 10.6 Å². The molecule has 3 rings (SSSR count). The van der Waals surface area contributed by atoms with Crippen LogP contribution in [0.4, 0.5) is 16.2 Å². The van der Waals surface area contributed by atoms with E-state index in [9.17, 15) is 24.5 Å². The highest BCUT2D eigenvalue weighted by atomic mass is 35.5. The van der Waals surface area contributed by atoms with Crippen molar-refractivity contribution in [3.63, 3.8) is 0 Å². The van der Waals surface area contributed by atoms with Crippen LogP contribution in [-0.2, 0) is 15.1 Å². The van der Waals surface area contributed by atoms with E-state index in [1.165, 1.54) is 18.2 Å². The normalized spacial score (nSPS) is 18.5. The third-order valence-electron chi connectivity index (χ3n) is 4.69. The number of carbonyl (C=O) groups excluding carboxylic acids is 3. The zero-order valence-corrected chi connectivity index (χ0v) is 16.3. The van der Waals surface area contributed by atoms with E-state index in [1.807, 2.05) is 0 Å². The number of rotatable bonds is 5. The number of nitrogens with zero attached hydrogens (tertiary/aromatic N) is 2. The Labute approximate surface area is 170 Å². The molecular weight excluding hydrogens is 400 g/mol. The maximum Gasteiger partial charge on any atom is 0.325 e. The maximum atomic E-state index is 12.9. The largest absolute Gasteiger partial charge is 0.325 e. The first kappa shape index (κ1) is 20.3. The summed E-state index contributed by atoms with van der Waals surface area (Å²) in [7, 11) is 0. The van der Waals surface area contributed by atoms with Crippen molar-refractivity contribution in [1.82, 2.24) is 10.2 Å². The summed E-state index contributed by atoms with van der Waals surface area (Å²) in [4.78, 5) is 48.7. The quantitative estimate of drug-likeness (QED) is 0.441. The topological polar surface area (TPSA) is 122 Å². The number of hydrogen-bond donors (Lipinski definition) is 2. The molecule has 9 nitrogen and oxygen atoms in total. The van der Waals surface area contributed by atoms with Crippen molar-refractivity contribution in [1.29, 1.82) is 0 Å². The summed E-state index contributed by atoms with van der Waals surface area (Å²) >= 11 is 5.87. The van der Waals surface area contributed by atoms with Crippen LogP contribution < -0.4 is 10.6 Å². The number of anilines is 1. The highest BCUT2D eigenvalue weighted by Gasteiger charge is 2.49. The lowest BCUT2D eigenvalue weighted by Crippen LogP contribution is -2.42. The second-order valence-corrected chi connectivity index (χ2v) is 7.19. The first-order valence-electron chi connectivity index (χ1n) is 8.57. The van der Waals surface area contributed by atoms with Crippen LogP contribution in [-0.4, -0.2) is 34.2 Å². The van der Waals surface area contributed by atoms with Gasteiger partial charge >= 0.3 is 6.03 Å². The zero-order chi connectivity index (χ0) is 21.3. The number of hydrogen-bond acceptors (Lipinski definition) is 5. The second kappa shape index (κ2) is 7.51. The number of nitrogens with one attached hydrogen (secondary N) is 2. The summed E-state index contributed by atoms with van der Waals surface area (Å²) in [5.41, 5.74) is -0.0443. The Morgan fingerprint density at radius 3 is 2.48 bits per heavy atom. The molecule has 1 aliphatic rings. The molecular formula is C19H17ClN4O5. The zero-order valence-electron chi connectivity index (χ0n) is 15.6. The molecule has 1 fully saturated rings. The van der Waals surface area contributed by atoms with Crippen molar-refractivity contribution >= 4 is 40.8 Å². The predicted octanol–water partition coefficient (Wildman–Crippen LogP) is 2.96. The Morgan fingerprint density at radius 2 is 1.90 bits per heavy atom. The number of urea groups is 1. The minimum absolute atomic E-state index is 0.103. The maximum absolute atomic E-state index is 12.9. The molecule has 4 amide bonds. The van der Waals surface area contributed by atoms with E-state index < -0.39 is 34.9 Å². The number of carbonyl (C=O) groups is 3. The van der Waals surface area contributed by atoms with Crippen LogP contribution in [0.25, 0.3) is 0 Å². The van der Waals surface area contributed by atoms with Gasteiger partial charge in [-0.2, -0.15) is 0 Å². The smallest absolute Gasteiger partial charge is 0.324 e. The number of aryl methyl sites for hydroxylation is 1. The standard InChI is InChI=1S/C19H17ClN4O5/c1-11-9-14(24(28)29)7-8-15(11)21-16(25)10-23-17(26)19(2,22-18(23)27)12-3-5-13(20)6-4-12/h3-9H,10H2,1-2H3,(H,21,25)(H,22,27)/t19-/m1/s1. The van der Waals surface area contributed by atoms with Crippen LogP contribution in [0.15, 0.2) is 42.5 Å². The first-order valence-corrected chi connectivity index (χ1v) is 8.94. The molecule has 0 unspecified atom stereocenters. The molecule has 0 spiro atoms. The van der Waals surface area contributed by atoms with Gasteiger partial charge in [0.15, 0.2) is 0 Å². The van der Waals surface area contributed by atoms with Gasteiger partial charge in [0.1, 0.15) is 12.1 Å². The van der Waals surface area contributed by atoms with E-state index >= 15 is 0 Å². The number of imide groups is 1. The van der Waals surface area contributed by atoms with Gasteiger partial charge in [-0.1, -0.05) is 23.7 Å². The predicted molar refractivity (Wildman–Crippen MR) is 106 cm³/mol. The molecule has 0 radical (unpaired) electrons. The van der Waals surface area contributed by atoms with E-state index in [4.69, 9.17) is 11.6 Å². The van der Waals surface area contributed by atoms with Crippen molar-refractivity contribution in [2.24, 2.45) is 0 Å². The fourth-order valence-electron chi connectivity index (χ4n) is 3.05. The Hall–Kier alpha value is -3.46. The fourth-order valence-corrected chi connectivity index (χ4v) is 3.18. The molecule has 1 atom stereocenters. The monoisotopic (exact) mass is 416 g/mol. The van der Waals surface area contributed by atoms with Gasteiger partial charge in [0.2, 0.25) is 5.91 Å². The fraction of sp³-hybridized carbons (Fsp3) is 0.211. The Balaban J connectivity index is 1.74. The third kappa shape index (κ3) is 3.90. The average molecular weight is 417 g/mol. The number of benzene rings is 2. The number of amides is 4. The summed E-state index contributed by atoms with van der Waals surface area (Å²) < 4.78 is 0. The molecule has 29 heavy (non-hydrogen) atoms. The summed E-state index contributed by atoms with van der Waals surface area (Å²) in [5, 5.41) is 16.5. The second-order valence-electron chi connectivity index (χ2n) is 6.76. The number of non-ortho nitro benzene ring substituents is 1. The molecule has 150 valence electrons. The van der Waals surface area contributed by atoms with Gasteiger partial charge in [-0.3, -0.25) is 24.6 Å². The lowest BCUT2D eigenvalue weighted by atomic mass is 9.92. The first-order chi connectivity index (χ1) is 13.6. The van der Waals surface area contributed by atoms with Crippen LogP contribution in [0.1, 0.15) is 18.1 Å². The van der Waals surface area contributed by atoms with Gasteiger partial charge < -0.3 is 10.6 Å². The highest BCUT2D eigenvalue weighted by Crippen LogP contribution is 2.29. The van der Waals surface area contributed by atoms with Crippen molar-refractivity contribution in [3.8, 4) is 0 Å². The van der Waals surface area contributed by atoms with Crippen molar-refractivity contribution in [3.05, 3.63) is 68.7 Å². The van der Waals surface area contributed by atoms with Gasteiger partial charge in [-0.15, -0.1) is 0 Å². The summed E-state index contributed by atoms with van der Waals surface area (Å²) in [5.74, 6) is -1.17. The van der Waals surface area contributed by atoms with Gasteiger partial charge in [-0.25, -0.2) is 4.79 Å². The summed E-state index contributed by atoms with van der Waals surface area (Å²) in [6.45, 7) is 2.66.